The molecule has 0 saturated heterocycles. The number of nitrogen functional groups attached to an aromatic ring is 1. The summed E-state index contributed by atoms with van der Waals surface area (Å²) in [6, 6.07) is 5.00. The zero-order chi connectivity index (χ0) is 8.43. The molecule has 57 valence electrons. The summed E-state index contributed by atoms with van der Waals surface area (Å²) in [4.78, 5) is 10.8. The fraction of sp³-hybridized carbons (Fsp3) is 0. The minimum absolute atomic E-state index is 0.211. The number of carbonyl (C=O) groups is 1. The van der Waals surface area contributed by atoms with Gasteiger partial charge in [-0.2, -0.15) is 0 Å². The maximum absolute atomic E-state index is 10.8. The molecule has 0 spiro atoms. The van der Waals surface area contributed by atoms with Gasteiger partial charge in [-0.3, -0.25) is 4.79 Å². The maximum Gasteiger partial charge on any atom is 0.164 e. The number of hydrogen-bond donors (Lipinski definition) is 1. The fourth-order valence-electron chi connectivity index (χ4n) is 0.757. The highest BCUT2D eigenvalue weighted by atomic mass is 79.9. The van der Waals surface area contributed by atoms with Gasteiger partial charge in [0.05, 0.1) is 0 Å². The smallest absolute Gasteiger partial charge is 0.164 e. The van der Waals surface area contributed by atoms with Gasteiger partial charge >= 0.3 is 0 Å². The summed E-state index contributed by atoms with van der Waals surface area (Å²) < 4.78 is 0.692. The van der Waals surface area contributed by atoms with Crippen molar-refractivity contribution in [2.75, 3.05) is 5.73 Å². The number of ketones is 1. The molecular weight excluding hydrogens is 206 g/mol. The first-order valence-electron chi connectivity index (χ1n) is 3.02. The van der Waals surface area contributed by atoms with Crippen LogP contribution in [0.4, 0.5) is 5.69 Å². The molecule has 0 bridgehead atoms. The molecule has 0 atom stereocenters. The first kappa shape index (κ1) is 8.27. The number of carbonyl (C=O) groups excluding carboxylic acids is 1. The summed E-state index contributed by atoms with van der Waals surface area (Å²) in [6.45, 7) is 3.29. The van der Waals surface area contributed by atoms with Gasteiger partial charge in [-0.25, -0.2) is 0 Å². The third-order valence-corrected chi connectivity index (χ3v) is 1.95. The Morgan fingerprint density at radius 3 is 2.64 bits per heavy atom. The SMILES string of the molecule is [CH2]C(=O)c1ccc(N)cc1Br. The Bertz CT molecular complexity index is 296. The van der Waals surface area contributed by atoms with Crippen LogP contribution in [0.15, 0.2) is 22.7 Å². The zero-order valence-electron chi connectivity index (χ0n) is 5.80. The van der Waals surface area contributed by atoms with Crippen LogP contribution in [0, 0.1) is 6.92 Å². The quantitative estimate of drug-likeness (QED) is 0.573. The largest absolute Gasteiger partial charge is 0.399 e. The van der Waals surface area contributed by atoms with Gasteiger partial charge in [-0.15, -0.1) is 0 Å². The topological polar surface area (TPSA) is 43.1 Å². The highest BCUT2D eigenvalue weighted by molar-refractivity contribution is 9.10. The van der Waals surface area contributed by atoms with E-state index < -0.39 is 0 Å². The van der Waals surface area contributed by atoms with Crippen LogP contribution < -0.4 is 5.73 Å². The summed E-state index contributed by atoms with van der Waals surface area (Å²) in [5, 5.41) is 0. The number of rotatable bonds is 1. The lowest BCUT2D eigenvalue weighted by Gasteiger charge is -1.99. The average Bonchev–Trinajstić information content (AvgIpc) is 1.85. The number of hydrogen-bond acceptors (Lipinski definition) is 2. The Morgan fingerprint density at radius 2 is 2.18 bits per heavy atom. The molecule has 3 heteroatoms. The third kappa shape index (κ3) is 1.80. The average molecular weight is 213 g/mol. The predicted molar refractivity (Wildman–Crippen MR) is 48.2 cm³/mol. The minimum Gasteiger partial charge on any atom is -0.399 e. The number of anilines is 1. The van der Waals surface area contributed by atoms with Crippen molar-refractivity contribution in [3.8, 4) is 0 Å². The normalized spacial score (nSPS) is 9.64. The van der Waals surface area contributed by atoms with Crippen LogP contribution in [-0.2, 0) is 0 Å². The molecule has 11 heavy (non-hydrogen) atoms. The Kier molecular flexibility index (Phi) is 2.29. The van der Waals surface area contributed by atoms with E-state index in [4.69, 9.17) is 5.73 Å². The van der Waals surface area contributed by atoms with E-state index in [-0.39, 0.29) is 5.78 Å². The number of benzene rings is 1. The van der Waals surface area contributed by atoms with Gasteiger partial charge in [0.15, 0.2) is 5.78 Å². The van der Waals surface area contributed by atoms with Crippen LogP contribution in [-0.4, -0.2) is 5.78 Å². The first-order valence-corrected chi connectivity index (χ1v) is 3.82. The van der Waals surface area contributed by atoms with E-state index in [0.717, 1.165) is 0 Å². The highest BCUT2D eigenvalue weighted by Crippen LogP contribution is 2.19. The standard InChI is InChI=1S/C8H7BrNO/c1-5(11)7-3-2-6(10)4-8(7)9/h2-4H,1,10H2. The molecule has 0 aromatic heterocycles. The van der Waals surface area contributed by atoms with Crippen molar-refractivity contribution >= 4 is 27.4 Å². The fourth-order valence-corrected chi connectivity index (χ4v) is 1.38. The second-order valence-electron chi connectivity index (χ2n) is 2.16. The Morgan fingerprint density at radius 1 is 1.55 bits per heavy atom. The van der Waals surface area contributed by atoms with E-state index >= 15 is 0 Å². The summed E-state index contributed by atoms with van der Waals surface area (Å²) in [5.41, 5.74) is 6.65. The molecule has 1 rings (SSSR count). The molecular formula is C8H7BrNO. The van der Waals surface area contributed by atoms with E-state index in [1.54, 1.807) is 18.2 Å². The van der Waals surface area contributed by atoms with Crippen LogP contribution in [0.2, 0.25) is 0 Å². The van der Waals surface area contributed by atoms with E-state index in [2.05, 4.69) is 22.9 Å². The van der Waals surface area contributed by atoms with E-state index in [1.807, 2.05) is 0 Å². The predicted octanol–water partition coefficient (Wildman–Crippen LogP) is 2.05. The second kappa shape index (κ2) is 3.05. The molecule has 1 aromatic rings. The van der Waals surface area contributed by atoms with E-state index in [1.165, 1.54) is 0 Å². The summed E-state index contributed by atoms with van der Waals surface area (Å²) in [5.74, 6) is -0.211. The monoisotopic (exact) mass is 212 g/mol. The van der Waals surface area contributed by atoms with Crippen molar-refractivity contribution in [3.63, 3.8) is 0 Å². The molecule has 0 aliphatic heterocycles. The van der Waals surface area contributed by atoms with Crippen LogP contribution in [0.3, 0.4) is 0 Å². The maximum atomic E-state index is 10.8. The van der Waals surface area contributed by atoms with Crippen LogP contribution in [0.1, 0.15) is 10.4 Å². The van der Waals surface area contributed by atoms with Crippen LogP contribution >= 0.6 is 15.9 Å². The lowest BCUT2D eigenvalue weighted by molar-refractivity contribution is 0.104. The van der Waals surface area contributed by atoms with Crippen LogP contribution in [0.25, 0.3) is 0 Å². The van der Waals surface area contributed by atoms with Gasteiger partial charge < -0.3 is 5.73 Å². The third-order valence-electron chi connectivity index (χ3n) is 1.29. The number of nitrogens with two attached hydrogens (primary N) is 1. The van der Waals surface area contributed by atoms with Gasteiger partial charge in [0.1, 0.15) is 0 Å². The van der Waals surface area contributed by atoms with Gasteiger partial charge in [-0.1, -0.05) is 0 Å². The van der Waals surface area contributed by atoms with Crippen molar-refractivity contribution in [2.24, 2.45) is 0 Å². The Hall–Kier alpha value is -0.830. The summed E-state index contributed by atoms with van der Waals surface area (Å²) in [6.07, 6.45) is 0. The molecule has 0 amide bonds. The molecule has 0 aliphatic carbocycles. The van der Waals surface area contributed by atoms with Crippen molar-refractivity contribution in [1.29, 1.82) is 0 Å². The second-order valence-corrected chi connectivity index (χ2v) is 3.02. The van der Waals surface area contributed by atoms with Gasteiger partial charge in [-0.05, 0) is 34.1 Å². The summed E-state index contributed by atoms with van der Waals surface area (Å²) in [7, 11) is 0. The lowest BCUT2D eigenvalue weighted by Crippen LogP contribution is -1.95. The van der Waals surface area contributed by atoms with E-state index in [0.29, 0.717) is 15.7 Å². The first-order chi connectivity index (χ1) is 5.11. The molecule has 0 fully saturated rings. The molecule has 0 heterocycles. The molecule has 0 aliphatic rings. The van der Waals surface area contributed by atoms with Crippen molar-refractivity contribution in [1.82, 2.24) is 0 Å². The van der Waals surface area contributed by atoms with E-state index in [9.17, 15) is 4.79 Å². The zero-order valence-corrected chi connectivity index (χ0v) is 7.39. The number of halogens is 1. The van der Waals surface area contributed by atoms with Crippen molar-refractivity contribution in [3.05, 3.63) is 35.2 Å². The molecule has 1 aromatic carbocycles. The van der Waals surface area contributed by atoms with Crippen molar-refractivity contribution < 1.29 is 4.79 Å². The highest BCUT2D eigenvalue weighted by Gasteiger charge is 2.03. The summed E-state index contributed by atoms with van der Waals surface area (Å²) >= 11 is 3.21. The molecule has 1 radical (unpaired) electrons. The lowest BCUT2D eigenvalue weighted by atomic mass is 10.1. The Labute approximate surface area is 73.5 Å². The molecule has 2 N–H and O–H groups in total. The Balaban J connectivity index is 3.20. The van der Waals surface area contributed by atoms with Gasteiger partial charge in [0.25, 0.3) is 0 Å². The van der Waals surface area contributed by atoms with Crippen LogP contribution in [0.5, 0.6) is 0 Å². The van der Waals surface area contributed by atoms with Gasteiger partial charge in [0, 0.05) is 22.6 Å². The molecule has 0 unspecified atom stereocenters. The number of Topliss-reactive ketones (excluding diaryl/α,β-unsaturated/α-hetero) is 1. The molecule has 0 saturated carbocycles. The van der Waals surface area contributed by atoms with Gasteiger partial charge in [0.2, 0.25) is 0 Å². The molecule has 2 nitrogen and oxygen atoms in total. The van der Waals surface area contributed by atoms with Crippen molar-refractivity contribution in [2.45, 2.75) is 0 Å². The minimum atomic E-state index is -0.211.